The van der Waals surface area contributed by atoms with E-state index in [1.54, 1.807) is 0 Å². The molecule has 0 aliphatic rings. The smallest absolute Gasteiger partial charge is 0.146 e. The Labute approximate surface area is 89.5 Å². The van der Waals surface area contributed by atoms with Crippen LogP contribution < -0.4 is 5.73 Å². The molecule has 0 radical (unpaired) electrons. The fourth-order valence-electron chi connectivity index (χ4n) is 1.70. The highest BCUT2D eigenvalue weighted by Gasteiger charge is 2.07. The highest BCUT2D eigenvalue weighted by molar-refractivity contribution is 5.43. The third-order valence-electron chi connectivity index (χ3n) is 2.51. The minimum atomic E-state index is 0.579. The lowest BCUT2D eigenvalue weighted by atomic mass is 10.2. The van der Waals surface area contributed by atoms with Crippen LogP contribution in [-0.4, -0.2) is 9.78 Å². The Morgan fingerprint density at radius 2 is 2.07 bits per heavy atom. The van der Waals surface area contributed by atoms with E-state index in [0.29, 0.717) is 5.82 Å². The Kier molecular flexibility index (Phi) is 2.46. The average Bonchev–Trinajstić information content (AvgIpc) is 2.60. The molecule has 1 aromatic heterocycles. The minimum Gasteiger partial charge on any atom is -0.382 e. The summed E-state index contributed by atoms with van der Waals surface area (Å²) in [7, 11) is 0. The van der Waals surface area contributed by atoms with Crippen LogP contribution in [0, 0.1) is 6.92 Å². The zero-order valence-corrected chi connectivity index (χ0v) is 9.07. The number of nitrogen functional groups attached to an aromatic ring is 1. The van der Waals surface area contributed by atoms with Crippen molar-refractivity contribution in [1.82, 2.24) is 9.78 Å². The molecule has 0 spiro atoms. The third kappa shape index (κ3) is 1.73. The summed E-state index contributed by atoms with van der Waals surface area (Å²) in [4.78, 5) is 0. The Bertz CT molecular complexity index is 471. The summed E-state index contributed by atoms with van der Waals surface area (Å²) in [6.45, 7) is 4.18. The van der Waals surface area contributed by atoms with Crippen molar-refractivity contribution in [3.63, 3.8) is 0 Å². The number of hydrogen-bond donors (Lipinski definition) is 1. The summed E-state index contributed by atoms with van der Waals surface area (Å²) >= 11 is 0. The van der Waals surface area contributed by atoms with Crippen molar-refractivity contribution < 1.29 is 0 Å². The fraction of sp³-hybridized carbons (Fsp3) is 0.250. The summed E-state index contributed by atoms with van der Waals surface area (Å²) in [6.07, 6.45) is 0.929. The van der Waals surface area contributed by atoms with Crippen molar-refractivity contribution in [2.24, 2.45) is 0 Å². The van der Waals surface area contributed by atoms with Gasteiger partial charge in [0.05, 0.1) is 5.69 Å². The maximum absolute atomic E-state index is 5.71. The normalized spacial score (nSPS) is 10.5. The van der Waals surface area contributed by atoms with Crippen LogP contribution in [0.4, 0.5) is 5.82 Å². The topological polar surface area (TPSA) is 43.8 Å². The molecule has 0 unspecified atom stereocenters. The highest BCUT2D eigenvalue weighted by Crippen LogP contribution is 2.17. The molecule has 0 aliphatic carbocycles. The second-order valence-corrected chi connectivity index (χ2v) is 3.61. The zero-order valence-electron chi connectivity index (χ0n) is 9.07. The summed E-state index contributed by atoms with van der Waals surface area (Å²) < 4.78 is 1.92. The molecule has 0 amide bonds. The standard InChI is InChI=1S/C12H15N3/c1-3-10-8-12(13)14-15(10)11-7-5-4-6-9(11)2/h4-8H,3H2,1-2H3,(H2,13,14). The Morgan fingerprint density at radius 1 is 1.33 bits per heavy atom. The summed E-state index contributed by atoms with van der Waals surface area (Å²) in [5.41, 5.74) is 9.16. The number of para-hydroxylation sites is 1. The second-order valence-electron chi connectivity index (χ2n) is 3.61. The van der Waals surface area contributed by atoms with E-state index >= 15 is 0 Å². The van der Waals surface area contributed by atoms with Gasteiger partial charge in [0.2, 0.25) is 0 Å². The van der Waals surface area contributed by atoms with Crippen LogP contribution in [0.5, 0.6) is 0 Å². The first kappa shape index (κ1) is 9.77. The molecule has 2 N–H and O–H groups in total. The first-order valence-electron chi connectivity index (χ1n) is 5.12. The predicted octanol–water partition coefficient (Wildman–Crippen LogP) is 2.33. The Balaban J connectivity index is 2.58. The van der Waals surface area contributed by atoms with Crippen molar-refractivity contribution in [3.05, 3.63) is 41.6 Å². The SMILES string of the molecule is CCc1cc(N)nn1-c1ccccc1C. The van der Waals surface area contributed by atoms with Crippen LogP contribution in [0.1, 0.15) is 18.2 Å². The molecule has 0 bridgehead atoms. The predicted molar refractivity (Wildman–Crippen MR) is 62.1 cm³/mol. The highest BCUT2D eigenvalue weighted by atomic mass is 15.3. The number of anilines is 1. The van der Waals surface area contributed by atoms with E-state index in [1.807, 2.05) is 22.9 Å². The van der Waals surface area contributed by atoms with Gasteiger partial charge in [-0.3, -0.25) is 0 Å². The lowest BCUT2D eigenvalue weighted by molar-refractivity contribution is 0.812. The maximum atomic E-state index is 5.71. The van der Waals surface area contributed by atoms with E-state index in [9.17, 15) is 0 Å². The maximum Gasteiger partial charge on any atom is 0.146 e. The van der Waals surface area contributed by atoms with Gasteiger partial charge < -0.3 is 5.73 Å². The third-order valence-corrected chi connectivity index (χ3v) is 2.51. The lowest BCUT2D eigenvalue weighted by Gasteiger charge is -2.08. The molecule has 0 atom stereocenters. The van der Waals surface area contributed by atoms with E-state index < -0.39 is 0 Å². The van der Waals surface area contributed by atoms with E-state index in [2.05, 4.69) is 31.1 Å². The molecule has 0 aliphatic heterocycles. The number of nitrogens with zero attached hydrogens (tertiary/aromatic N) is 2. The average molecular weight is 201 g/mol. The molecular weight excluding hydrogens is 186 g/mol. The quantitative estimate of drug-likeness (QED) is 0.810. The van der Waals surface area contributed by atoms with Gasteiger partial charge in [-0.2, -0.15) is 5.10 Å². The van der Waals surface area contributed by atoms with Gasteiger partial charge in [0.1, 0.15) is 5.82 Å². The summed E-state index contributed by atoms with van der Waals surface area (Å²) in [6, 6.07) is 10.1. The number of nitrogens with two attached hydrogens (primary N) is 1. The van der Waals surface area contributed by atoms with Crippen LogP contribution in [0.2, 0.25) is 0 Å². The van der Waals surface area contributed by atoms with Crippen LogP contribution in [0.25, 0.3) is 5.69 Å². The van der Waals surface area contributed by atoms with Crippen LogP contribution in [0.3, 0.4) is 0 Å². The van der Waals surface area contributed by atoms with Gasteiger partial charge >= 0.3 is 0 Å². The molecule has 3 heteroatoms. The van der Waals surface area contributed by atoms with Crippen molar-refractivity contribution in [2.75, 3.05) is 5.73 Å². The molecule has 3 nitrogen and oxygen atoms in total. The van der Waals surface area contributed by atoms with Gasteiger partial charge in [-0.25, -0.2) is 4.68 Å². The number of benzene rings is 1. The van der Waals surface area contributed by atoms with Crippen molar-refractivity contribution in [1.29, 1.82) is 0 Å². The first-order valence-corrected chi connectivity index (χ1v) is 5.12. The monoisotopic (exact) mass is 201 g/mol. The van der Waals surface area contributed by atoms with E-state index in [0.717, 1.165) is 17.8 Å². The molecular formula is C12H15N3. The van der Waals surface area contributed by atoms with Gasteiger partial charge in [-0.1, -0.05) is 25.1 Å². The summed E-state index contributed by atoms with van der Waals surface area (Å²) in [5.74, 6) is 0.579. The molecule has 2 rings (SSSR count). The molecule has 2 aromatic rings. The van der Waals surface area contributed by atoms with Crippen molar-refractivity contribution >= 4 is 5.82 Å². The van der Waals surface area contributed by atoms with Gasteiger partial charge in [-0.05, 0) is 25.0 Å². The molecule has 0 fully saturated rings. The van der Waals surface area contributed by atoms with Gasteiger partial charge in [-0.15, -0.1) is 0 Å². The zero-order chi connectivity index (χ0) is 10.8. The number of aryl methyl sites for hydroxylation is 2. The molecule has 1 aromatic carbocycles. The van der Waals surface area contributed by atoms with Gasteiger partial charge in [0.25, 0.3) is 0 Å². The van der Waals surface area contributed by atoms with Crippen LogP contribution in [0.15, 0.2) is 30.3 Å². The molecule has 1 heterocycles. The van der Waals surface area contributed by atoms with Gasteiger partial charge in [0.15, 0.2) is 0 Å². The van der Waals surface area contributed by atoms with Crippen molar-refractivity contribution in [2.45, 2.75) is 20.3 Å². The number of aromatic nitrogens is 2. The molecule has 15 heavy (non-hydrogen) atoms. The fourth-order valence-corrected chi connectivity index (χ4v) is 1.70. The van der Waals surface area contributed by atoms with E-state index in [4.69, 9.17) is 5.73 Å². The van der Waals surface area contributed by atoms with E-state index in [-0.39, 0.29) is 0 Å². The van der Waals surface area contributed by atoms with Crippen LogP contribution >= 0.6 is 0 Å². The number of rotatable bonds is 2. The molecule has 0 saturated heterocycles. The summed E-state index contributed by atoms with van der Waals surface area (Å²) in [5, 5.41) is 4.31. The Morgan fingerprint density at radius 3 is 2.73 bits per heavy atom. The molecule has 0 saturated carbocycles. The Hall–Kier alpha value is -1.77. The van der Waals surface area contributed by atoms with Gasteiger partial charge in [0, 0.05) is 11.8 Å². The minimum absolute atomic E-state index is 0.579. The van der Waals surface area contributed by atoms with Crippen molar-refractivity contribution in [3.8, 4) is 5.69 Å². The largest absolute Gasteiger partial charge is 0.382 e. The van der Waals surface area contributed by atoms with Crippen LogP contribution in [-0.2, 0) is 6.42 Å². The molecule has 78 valence electrons. The first-order chi connectivity index (χ1) is 7.22. The number of hydrogen-bond acceptors (Lipinski definition) is 2. The lowest BCUT2D eigenvalue weighted by Crippen LogP contribution is -2.03. The second kappa shape index (κ2) is 3.77. The van der Waals surface area contributed by atoms with E-state index in [1.165, 1.54) is 5.56 Å².